The molecule has 4 rings (SSSR count). The van der Waals surface area contributed by atoms with Crippen molar-refractivity contribution >= 4 is 27.5 Å². The maximum atomic E-state index is 15.3. The van der Waals surface area contributed by atoms with Gasteiger partial charge in [-0.05, 0) is 67.8 Å². The van der Waals surface area contributed by atoms with Gasteiger partial charge in [0.2, 0.25) is 11.8 Å². The van der Waals surface area contributed by atoms with Crippen LogP contribution in [0.1, 0.15) is 37.0 Å². The Morgan fingerprint density at radius 3 is 2.20 bits per heavy atom. The Hall–Kier alpha value is -4.70. The molecule has 4 aromatic carbocycles. The van der Waals surface area contributed by atoms with Crippen LogP contribution < -0.4 is 14.4 Å². The lowest BCUT2D eigenvalue weighted by atomic mass is 10.0. The number of aryl methyl sites for hydroxylation is 1. The number of carbonyl (C=O) groups excluding carboxylic acids is 2. The molecule has 0 aliphatic rings. The first kappa shape index (κ1) is 34.2. The number of anilines is 1. The van der Waals surface area contributed by atoms with Gasteiger partial charge in [-0.15, -0.1) is 0 Å². The van der Waals surface area contributed by atoms with Crippen LogP contribution in [0.2, 0.25) is 0 Å². The van der Waals surface area contributed by atoms with E-state index in [1.54, 1.807) is 36.4 Å². The molecule has 0 unspecified atom stereocenters. The van der Waals surface area contributed by atoms with Gasteiger partial charge in [0.25, 0.3) is 10.0 Å². The molecule has 0 spiro atoms. The molecule has 0 saturated carbocycles. The topological polar surface area (TPSA) is 96.0 Å². The Labute approximate surface area is 270 Å². The van der Waals surface area contributed by atoms with Crippen molar-refractivity contribution in [1.29, 1.82) is 0 Å². The van der Waals surface area contributed by atoms with Gasteiger partial charge in [-0.25, -0.2) is 12.8 Å². The smallest absolute Gasteiger partial charge is 0.264 e. The first-order valence-corrected chi connectivity index (χ1v) is 16.6. The summed E-state index contributed by atoms with van der Waals surface area (Å²) in [7, 11) is -2.88. The summed E-state index contributed by atoms with van der Waals surface area (Å²) >= 11 is 0. The summed E-state index contributed by atoms with van der Waals surface area (Å²) in [6.07, 6.45) is 0.840. The maximum Gasteiger partial charge on any atom is 0.264 e. The summed E-state index contributed by atoms with van der Waals surface area (Å²) in [4.78, 5) is 29.7. The molecule has 0 aromatic heterocycles. The Morgan fingerprint density at radius 1 is 0.891 bits per heavy atom. The number of hydrogen-bond acceptors (Lipinski definition) is 5. The second kappa shape index (κ2) is 15.5. The van der Waals surface area contributed by atoms with Crippen LogP contribution in [-0.2, 0) is 32.6 Å². The molecule has 0 aliphatic carbocycles. The van der Waals surface area contributed by atoms with Crippen LogP contribution in [0.4, 0.5) is 10.1 Å². The van der Waals surface area contributed by atoms with Gasteiger partial charge in [-0.1, -0.05) is 79.2 Å². The summed E-state index contributed by atoms with van der Waals surface area (Å²) in [6.45, 7) is 4.86. The molecule has 1 N–H and O–H groups in total. The van der Waals surface area contributed by atoms with Crippen molar-refractivity contribution < 1.29 is 27.1 Å². The highest BCUT2D eigenvalue weighted by Gasteiger charge is 2.35. The Kier molecular flexibility index (Phi) is 11.5. The Bertz CT molecular complexity index is 1730. The second-order valence-electron chi connectivity index (χ2n) is 11.2. The normalized spacial score (nSPS) is 12.5. The number of rotatable bonds is 14. The molecule has 0 aliphatic heterocycles. The summed E-state index contributed by atoms with van der Waals surface area (Å²) in [5.41, 5.74) is 2.05. The van der Waals surface area contributed by atoms with E-state index in [0.717, 1.165) is 21.5 Å². The van der Waals surface area contributed by atoms with Crippen LogP contribution >= 0.6 is 0 Å². The third kappa shape index (κ3) is 8.51. The molecule has 4 aromatic rings. The highest BCUT2D eigenvalue weighted by Crippen LogP contribution is 2.28. The number of benzene rings is 4. The quantitative estimate of drug-likeness (QED) is 0.185. The number of nitrogens with one attached hydrogen (secondary N) is 1. The number of ether oxygens (including phenoxy) is 1. The summed E-state index contributed by atoms with van der Waals surface area (Å²) in [5.74, 6) is -1.31. The number of sulfonamides is 1. The molecule has 0 bridgehead atoms. The minimum atomic E-state index is -4.41. The van der Waals surface area contributed by atoms with E-state index in [0.29, 0.717) is 17.7 Å². The highest BCUT2D eigenvalue weighted by atomic mass is 32.2. The molecule has 2 amide bonds. The lowest BCUT2D eigenvalue weighted by molar-refractivity contribution is -0.140. The van der Waals surface area contributed by atoms with E-state index in [1.807, 2.05) is 51.1 Å². The van der Waals surface area contributed by atoms with Gasteiger partial charge in [-0.2, -0.15) is 0 Å². The van der Waals surface area contributed by atoms with Gasteiger partial charge in [0.1, 0.15) is 24.2 Å². The molecule has 2 atom stereocenters. The number of para-hydroxylation sites is 1. The zero-order valence-corrected chi connectivity index (χ0v) is 27.3. The van der Waals surface area contributed by atoms with Gasteiger partial charge >= 0.3 is 0 Å². The van der Waals surface area contributed by atoms with Gasteiger partial charge in [0.15, 0.2) is 0 Å². The number of amides is 2. The van der Waals surface area contributed by atoms with Crippen LogP contribution in [-0.4, -0.2) is 50.9 Å². The minimum absolute atomic E-state index is 0.0306. The van der Waals surface area contributed by atoms with Crippen molar-refractivity contribution in [2.24, 2.45) is 0 Å². The van der Waals surface area contributed by atoms with E-state index in [-0.39, 0.29) is 35.5 Å². The fraction of sp³-hybridized carbons (Fsp3) is 0.278. The van der Waals surface area contributed by atoms with Crippen LogP contribution in [0.3, 0.4) is 0 Å². The van der Waals surface area contributed by atoms with E-state index < -0.39 is 34.3 Å². The predicted octanol–water partition coefficient (Wildman–Crippen LogP) is 5.89. The van der Waals surface area contributed by atoms with Crippen LogP contribution in [0, 0.1) is 12.7 Å². The average Bonchev–Trinajstić information content (AvgIpc) is 3.06. The third-order valence-corrected chi connectivity index (χ3v) is 9.54. The maximum absolute atomic E-state index is 15.3. The van der Waals surface area contributed by atoms with E-state index in [2.05, 4.69) is 5.32 Å². The molecule has 0 fully saturated rings. The van der Waals surface area contributed by atoms with Crippen molar-refractivity contribution in [3.05, 3.63) is 126 Å². The minimum Gasteiger partial charge on any atom is -0.497 e. The molecule has 46 heavy (non-hydrogen) atoms. The van der Waals surface area contributed by atoms with E-state index >= 15 is 4.39 Å². The number of methoxy groups -OCH3 is 1. The number of halogens is 1. The number of hydrogen-bond donors (Lipinski definition) is 1. The molecule has 8 nitrogen and oxygen atoms in total. The molecule has 10 heteroatoms. The van der Waals surface area contributed by atoms with Gasteiger partial charge in [-0.3, -0.25) is 13.9 Å². The van der Waals surface area contributed by atoms with Crippen molar-refractivity contribution in [2.75, 3.05) is 18.0 Å². The predicted molar refractivity (Wildman–Crippen MR) is 177 cm³/mol. The molecule has 0 saturated heterocycles. The van der Waals surface area contributed by atoms with E-state index in [9.17, 15) is 18.0 Å². The van der Waals surface area contributed by atoms with Crippen molar-refractivity contribution in [1.82, 2.24) is 10.2 Å². The summed E-state index contributed by atoms with van der Waals surface area (Å²) in [5, 5.41) is 3.00. The third-order valence-electron chi connectivity index (χ3n) is 7.77. The Balaban J connectivity index is 1.83. The van der Waals surface area contributed by atoms with Crippen molar-refractivity contribution in [3.63, 3.8) is 0 Å². The van der Waals surface area contributed by atoms with Crippen molar-refractivity contribution in [2.45, 2.75) is 57.1 Å². The summed E-state index contributed by atoms with van der Waals surface area (Å²) < 4.78 is 49.6. The lowest BCUT2D eigenvalue weighted by Gasteiger charge is -2.34. The Morgan fingerprint density at radius 2 is 1.54 bits per heavy atom. The van der Waals surface area contributed by atoms with Crippen LogP contribution in [0.25, 0.3) is 0 Å². The van der Waals surface area contributed by atoms with E-state index in [1.165, 1.54) is 42.3 Å². The van der Waals surface area contributed by atoms with Gasteiger partial charge < -0.3 is 15.0 Å². The zero-order valence-electron chi connectivity index (χ0n) is 26.5. The molecule has 242 valence electrons. The molecule has 0 heterocycles. The van der Waals surface area contributed by atoms with E-state index in [4.69, 9.17) is 4.74 Å². The van der Waals surface area contributed by atoms with Crippen LogP contribution in [0.15, 0.2) is 108 Å². The first-order valence-electron chi connectivity index (χ1n) is 15.1. The lowest BCUT2D eigenvalue weighted by Crippen LogP contribution is -2.54. The number of nitrogens with zero attached hydrogens (tertiary/aromatic N) is 2. The molecule has 0 radical (unpaired) electrons. The standard InChI is InChI=1S/C36H40FN3O5S/c1-5-27(3)38-36(42)34(23-28-12-7-6-8-13-28)39(24-29-14-11-15-30(22-29)45-4)35(41)25-40(33-17-10-9-16-32(33)37)46(43,44)31-20-18-26(2)19-21-31/h6-22,27,34H,5,23-25H2,1-4H3,(H,38,42)/t27-,34+/m1/s1. The highest BCUT2D eigenvalue weighted by molar-refractivity contribution is 7.92. The first-order chi connectivity index (χ1) is 22.0. The zero-order chi connectivity index (χ0) is 33.3. The fourth-order valence-electron chi connectivity index (χ4n) is 4.97. The SMILES string of the molecule is CC[C@@H](C)NC(=O)[C@H](Cc1ccccc1)N(Cc1cccc(OC)c1)C(=O)CN(c1ccccc1F)S(=O)(=O)c1ccc(C)cc1. The summed E-state index contributed by atoms with van der Waals surface area (Å²) in [6, 6.07) is 26.7. The van der Waals surface area contributed by atoms with Crippen molar-refractivity contribution in [3.8, 4) is 5.75 Å². The molecular formula is C36H40FN3O5S. The second-order valence-corrected chi connectivity index (χ2v) is 13.0. The van der Waals surface area contributed by atoms with Gasteiger partial charge in [0, 0.05) is 19.0 Å². The largest absolute Gasteiger partial charge is 0.497 e. The number of carbonyl (C=O) groups is 2. The average molecular weight is 646 g/mol. The van der Waals surface area contributed by atoms with Crippen LogP contribution in [0.5, 0.6) is 5.75 Å². The fourth-order valence-corrected chi connectivity index (χ4v) is 6.39. The monoisotopic (exact) mass is 645 g/mol. The van der Waals surface area contributed by atoms with Gasteiger partial charge in [0.05, 0.1) is 17.7 Å². The molecular weight excluding hydrogens is 605 g/mol.